The molecule has 16 unspecified atom stereocenters. The van der Waals surface area contributed by atoms with Gasteiger partial charge in [0.2, 0.25) is 0 Å². The van der Waals surface area contributed by atoms with Gasteiger partial charge in [0.05, 0.1) is 17.8 Å². The summed E-state index contributed by atoms with van der Waals surface area (Å²) in [6.07, 6.45) is 16.1. The fourth-order valence-corrected chi connectivity index (χ4v) is 16.0. The van der Waals surface area contributed by atoms with E-state index in [1.54, 1.807) is 0 Å². The molecule has 2 aromatic carbocycles. The number of methoxy groups -OCH3 is 1. The Morgan fingerprint density at radius 3 is 2.36 bits per heavy atom. The first-order valence-corrected chi connectivity index (χ1v) is 22.9. The number of fused-ring (bicyclic) bond motifs is 8. The van der Waals surface area contributed by atoms with Crippen LogP contribution in [0.4, 0.5) is 0 Å². The van der Waals surface area contributed by atoms with Crippen LogP contribution in [0.25, 0.3) is 0 Å². The normalized spacial score (nSPS) is 45.7. The zero-order chi connectivity index (χ0) is 38.1. The molecule has 2 aliphatic heterocycles. The van der Waals surface area contributed by atoms with Crippen molar-refractivity contribution in [3.8, 4) is 0 Å². The monoisotopic (exact) mass is 752 g/mol. The molecule has 2 heterocycles. The molecule has 7 fully saturated rings. The summed E-state index contributed by atoms with van der Waals surface area (Å²) in [7, 11) is 1.82. The number of piperidine rings is 2. The minimum atomic E-state index is -0.600. The third kappa shape index (κ3) is 6.90. The van der Waals surface area contributed by atoms with Gasteiger partial charge >= 0.3 is 0 Å². The number of nitrogens with zero attached hydrogens (tertiary/aromatic N) is 1. The van der Waals surface area contributed by atoms with Crippen LogP contribution >= 0.6 is 0 Å². The Morgan fingerprint density at radius 2 is 1.58 bits per heavy atom. The second-order valence-electron chi connectivity index (χ2n) is 21.3. The molecule has 7 aliphatic rings. The number of ether oxygens (including phenoxy) is 1. The van der Waals surface area contributed by atoms with Crippen molar-refractivity contribution in [2.45, 2.75) is 147 Å². The topological polar surface area (TPSA) is 73.2 Å². The summed E-state index contributed by atoms with van der Waals surface area (Å²) < 4.78 is 5.53. The standard InChI is InChI=1S/C50H73NO4/c1-32-12-19-46-49(3,54)42-18-17-38-39(41(42)30-51(46)29-32)25-43-40(38)26-45(52)44-27-47(53)50(31-48(43,44)2)21-20-35(28-50)24-37(11-8-22-55-4)36-15-13-34(14-16-36)23-33-9-6-5-7-10-33/h5-7,9-10,13-16,32,35,37-47,52-54H,8,11-12,17-31H2,1-4H3. The first kappa shape index (κ1) is 38.7. The quantitative estimate of drug-likeness (QED) is 0.223. The zero-order valence-electron chi connectivity index (χ0n) is 34.6. The summed E-state index contributed by atoms with van der Waals surface area (Å²) >= 11 is 0. The first-order valence-electron chi connectivity index (χ1n) is 22.9. The maximum atomic E-state index is 12.2. The van der Waals surface area contributed by atoms with E-state index in [9.17, 15) is 15.3 Å². The molecule has 2 aromatic rings. The Hall–Kier alpha value is -1.76. The highest BCUT2D eigenvalue weighted by molar-refractivity contribution is 5.30. The maximum absolute atomic E-state index is 12.2. The third-order valence-corrected chi connectivity index (χ3v) is 18.4. The Morgan fingerprint density at radius 1 is 0.800 bits per heavy atom. The average Bonchev–Trinajstić information content (AvgIpc) is 3.75. The highest BCUT2D eigenvalue weighted by Gasteiger charge is 2.67. The number of hydrogen-bond donors (Lipinski definition) is 3. The predicted molar refractivity (Wildman–Crippen MR) is 221 cm³/mol. The second-order valence-corrected chi connectivity index (χ2v) is 21.3. The summed E-state index contributed by atoms with van der Waals surface area (Å²) in [6.45, 7) is 10.3. The van der Waals surface area contributed by atoms with Gasteiger partial charge in [-0.1, -0.05) is 68.4 Å². The minimum Gasteiger partial charge on any atom is -0.393 e. The smallest absolute Gasteiger partial charge is 0.0805 e. The van der Waals surface area contributed by atoms with Crippen LogP contribution in [0.1, 0.15) is 133 Å². The molecule has 5 heteroatoms. The van der Waals surface area contributed by atoms with Crippen molar-refractivity contribution in [3.63, 3.8) is 0 Å². The van der Waals surface area contributed by atoms with Crippen LogP contribution in [0.15, 0.2) is 54.6 Å². The molecule has 302 valence electrons. The van der Waals surface area contributed by atoms with Gasteiger partial charge in [-0.2, -0.15) is 0 Å². The van der Waals surface area contributed by atoms with Gasteiger partial charge < -0.3 is 20.1 Å². The number of aliphatic hydroxyl groups is 3. The van der Waals surface area contributed by atoms with Gasteiger partial charge in [-0.05, 0) is 190 Å². The van der Waals surface area contributed by atoms with Crippen molar-refractivity contribution in [1.82, 2.24) is 4.90 Å². The lowest BCUT2D eigenvalue weighted by Crippen LogP contribution is -2.67. The third-order valence-electron chi connectivity index (χ3n) is 18.4. The molecule has 5 saturated carbocycles. The number of hydrogen-bond acceptors (Lipinski definition) is 5. The maximum Gasteiger partial charge on any atom is 0.0805 e. The van der Waals surface area contributed by atoms with Crippen molar-refractivity contribution >= 4 is 0 Å². The van der Waals surface area contributed by atoms with Gasteiger partial charge in [-0.25, -0.2) is 0 Å². The molecule has 0 bridgehead atoms. The van der Waals surface area contributed by atoms with E-state index >= 15 is 0 Å². The summed E-state index contributed by atoms with van der Waals surface area (Å²) in [5.41, 5.74) is 3.62. The van der Waals surface area contributed by atoms with Gasteiger partial charge in [0.15, 0.2) is 0 Å². The highest BCUT2D eigenvalue weighted by atomic mass is 16.5. The number of rotatable bonds is 9. The van der Waals surface area contributed by atoms with Gasteiger partial charge in [0.25, 0.3) is 0 Å². The second kappa shape index (κ2) is 15.1. The molecule has 5 nitrogen and oxygen atoms in total. The van der Waals surface area contributed by atoms with E-state index in [-0.39, 0.29) is 29.0 Å². The van der Waals surface area contributed by atoms with Crippen LogP contribution in [0.5, 0.6) is 0 Å². The molecule has 2 saturated heterocycles. The fourth-order valence-electron chi connectivity index (χ4n) is 16.0. The van der Waals surface area contributed by atoms with E-state index in [2.05, 4.69) is 80.3 Å². The van der Waals surface area contributed by atoms with Gasteiger partial charge in [0.1, 0.15) is 0 Å². The largest absolute Gasteiger partial charge is 0.393 e. The van der Waals surface area contributed by atoms with E-state index in [1.165, 1.54) is 55.3 Å². The molecular weight excluding hydrogens is 679 g/mol. The SMILES string of the molecule is COCCCC(CC1CCC2(C1)CC1(C)C(CC2O)C(O)CC2C3CCC4C(CN5CC(C)CCC5C4(C)O)C3CC21)c1ccc(Cc2ccccc2)cc1. The van der Waals surface area contributed by atoms with Crippen LogP contribution < -0.4 is 0 Å². The van der Waals surface area contributed by atoms with E-state index in [0.29, 0.717) is 53.4 Å². The van der Waals surface area contributed by atoms with Crippen molar-refractivity contribution in [2.24, 2.45) is 64.1 Å². The minimum absolute atomic E-state index is 0.0316. The van der Waals surface area contributed by atoms with Gasteiger partial charge in [-0.3, -0.25) is 4.90 Å². The molecule has 1 spiro atoms. The van der Waals surface area contributed by atoms with Crippen LogP contribution in [0, 0.1) is 64.1 Å². The van der Waals surface area contributed by atoms with Crippen molar-refractivity contribution in [1.29, 1.82) is 0 Å². The Labute approximate surface area is 333 Å². The molecule has 0 aromatic heterocycles. The Kier molecular flexibility index (Phi) is 10.7. The Balaban J connectivity index is 0.920. The molecule has 16 atom stereocenters. The lowest BCUT2D eigenvalue weighted by Gasteiger charge is -2.60. The molecule has 0 amide bonds. The molecular formula is C50H73NO4. The van der Waals surface area contributed by atoms with Crippen molar-refractivity contribution < 1.29 is 20.1 Å². The fraction of sp³-hybridized carbons (Fsp3) is 0.760. The van der Waals surface area contributed by atoms with E-state index in [1.807, 2.05) is 7.11 Å². The molecule has 3 N–H and O–H groups in total. The van der Waals surface area contributed by atoms with Crippen LogP contribution in [0.2, 0.25) is 0 Å². The summed E-state index contributed by atoms with van der Waals surface area (Å²) in [5, 5.41) is 36.4. The van der Waals surface area contributed by atoms with E-state index in [4.69, 9.17) is 4.74 Å². The van der Waals surface area contributed by atoms with Gasteiger partial charge in [-0.15, -0.1) is 0 Å². The lowest BCUT2D eigenvalue weighted by atomic mass is 9.46. The number of benzene rings is 2. The van der Waals surface area contributed by atoms with E-state index in [0.717, 1.165) is 83.3 Å². The van der Waals surface area contributed by atoms with Crippen LogP contribution in [-0.2, 0) is 11.2 Å². The van der Waals surface area contributed by atoms with Crippen molar-refractivity contribution in [3.05, 3.63) is 71.3 Å². The average molecular weight is 752 g/mol. The van der Waals surface area contributed by atoms with Crippen LogP contribution in [-0.4, -0.2) is 70.9 Å². The van der Waals surface area contributed by atoms with Gasteiger partial charge in [0, 0.05) is 32.8 Å². The molecule has 0 radical (unpaired) electrons. The Bertz CT molecular complexity index is 1610. The highest BCUT2D eigenvalue weighted by Crippen LogP contribution is 2.71. The summed E-state index contributed by atoms with van der Waals surface area (Å²) in [5.74, 6) is 5.57. The zero-order valence-corrected chi connectivity index (χ0v) is 34.6. The number of aliphatic hydroxyl groups excluding tert-OH is 2. The summed E-state index contributed by atoms with van der Waals surface area (Å²) in [6, 6.07) is 20.6. The van der Waals surface area contributed by atoms with Crippen LogP contribution in [0.3, 0.4) is 0 Å². The first-order chi connectivity index (χ1) is 26.5. The van der Waals surface area contributed by atoms with Crippen molar-refractivity contribution in [2.75, 3.05) is 26.8 Å². The molecule has 9 rings (SSSR count). The lowest BCUT2D eigenvalue weighted by molar-refractivity contribution is -0.180. The van der Waals surface area contributed by atoms with E-state index < -0.39 is 5.60 Å². The molecule has 55 heavy (non-hydrogen) atoms. The predicted octanol–water partition coefficient (Wildman–Crippen LogP) is 9.27. The molecule has 5 aliphatic carbocycles. The summed E-state index contributed by atoms with van der Waals surface area (Å²) in [4.78, 5) is 2.71.